The molecule has 0 radical (unpaired) electrons. The van der Waals surface area contributed by atoms with E-state index < -0.39 is 5.97 Å². The summed E-state index contributed by atoms with van der Waals surface area (Å²) < 4.78 is 5.12. The van der Waals surface area contributed by atoms with Gasteiger partial charge in [0.1, 0.15) is 0 Å². The predicted molar refractivity (Wildman–Crippen MR) is 103 cm³/mol. The van der Waals surface area contributed by atoms with E-state index in [-0.39, 0.29) is 12.5 Å². The Morgan fingerprint density at radius 3 is 2.92 bits per heavy atom. The van der Waals surface area contributed by atoms with Crippen molar-refractivity contribution in [2.75, 3.05) is 18.1 Å². The van der Waals surface area contributed by atoms with Gasteiger partial charge >= 0.3 is 5.97 Å². The van der Waals surface area contributed by atoms with Crippen molar-refractivity contribution in [3.63, 3.8) is 0 Å². The van der Waals surface area contributed by atoms with Crippen LogP contribution < -0.4 is 4.90 Å². The van der Waals surface area contributed by atoms with Crippen LogP contribution in [0.1, 0.15) is 18.2 Å². The van der Waals surface area contributed by atoms with E-state index >= 15 is 0 Å². The topological polar surface area (TPSA) is 46.6 Å². The first-order valence-electron chi connectivity index (χ1n) is 8.08. The molecule has 25 heavy (non-hydrogen) atoms. The van der Waals surface area contributed by atoms with E-state index in [0.29, 0.717) is 11.8 Å². The van der Waals surface area contributed by atoms with Crippen LogP contribution in [0.15, 0.2) is 52.7 Å². The first kappa shape index (κ1) is 17.8. The fourth-order valence-corrected chi connectivity index (χ4v) is 4.27. The van der Waals surface area contributed by atoms with Crippen molar-refractivity contribution in [2.24, 2.45) is 0 Å². The van der Waals surface area contributed by atoms with Crippen molar-refractivity contribution in [1.29, 1.82) is 0 Å². The van der Waals surface area contributed by atoms with E-state index in [1.54, 1.807) is 22.7 Å². The Kier molecular flexibility index (Phi) is 5.94. The van der Waals surface area contributed by atoms with Gasteiger partial charge in [-0.05, 0) is 36.1 Å². The number of thiophene rings is 1. The van der Waals surface area contributed by atoms with Gasteiger partial charge in [-0.3, -0.25) is 4.79 Å². The van der Waals surface area contributed by atoms with Gasteiger partial charge in [0, 0.05) is 27.6 Å². The lowest BCUT2D eigenvalue weighted by molar-refractivity contribution is -0.142. The molecular formula is C19H19NO3S2. The molecule has 0 unspecified atom stereocenters. The molecule has 1 aromatic carbocycles. The Labute approximate surface area is 155 Å². The van der Waals surface area contributed by atoms with Crippen molar-refractivity contribution in [1.82, 2.24) is 0 Å². The molecule has 0 N–H and O–H groups in total. The number of carbonyl (C=O) groups is 2. The van der Waals surface area contributed by atoms with Crippen LogP contribution in [0, 0.1) is 0 Å². The number of para-hydroxylation sites is 1. The summed E-state index contributed by atoms with van der Waals surface area (Å²) in [6.07, 6.45) is 3.95. The number of amides is 1. The number of esters is 1. The van der Waals surface area contributed by atoms with Gasteiger partial charge in [0.15, 0.2) is 6.61 Å². The van der Waals surface area contributed by atoms with Crippen molar-refractivity contribution in [3.8, 4) is 0 Å². The number of thioether (sulfide) groups is 1. The Hall–Kier alpha value is -2.05. The van der Waals surface area contributed by atoms with E-state index in [1.807, 2.05) is 41.8 Å². The molecule has 1 aliphatic rings. The summed E-state index contributed by atoms with van der Waals surface area (Å²) in [5.41, 5.74) is 0.895. The summed E-state index contributed by atoms with van der Waals surface area (Å²) in [6.45, 7) is 2.54. The third kappa shape index (κ3) is 4.74. The fourth-order valence-electron chi connectivity index (χ4n) is 2.54. The van der Waals surface area contributed by atoms with Gasteiger partial charge in [-0.2, -0.15) is 0 Å². The highest BCUT2D eigenvalue weighted by Gasteiger charge is 2.24. The molecule has 0 saturated carbocycles. The third-order valence-corrected chi connectivity index (χ3v) is 5.88. The molecule has 0 spiro atoms. The highest BCUT2D eigenvalue weighted by atomic mass is 32.2. The average molecular weight is 373 g/mol. The molecule has 2 aromatic rings. The van der Waals surface area contributed by atoms with Crippen LogP contribution in [-0.4, -0.2) is 30.3 Å². The number of ether oxygens (including phenoxy) is 1. The summed E-state index contributed by atoms with van der Waals surface area (Å²) in [6, 6.07) is 11.7. The molecule has 0 bridgehead atoms. The van der Waals surface area contributed by atoms with Gasteiger partial charge < -0.3 is 9.64 Å². The van der Waals surface area contributed by atoms with Crippen LogP contribution in [-0.2, 0) is 14.3 Å². The molecule has 1 aliphatic heterocycles. The lowest BCUT2D eigenvalue weighted by atomic mass is 10.2. The van der Waals surface area contributed by atoms with Crippen molar-refractivity contribution in [3.05, 3.63) is 52.7 Å². The van der Waals surface area contributed by atoms with Crippen LogP contribution in [0.5, 0.6) is 0 Å². The molecule has 4 nitrogen and oxygen atoms in total. The molecule has 0 saturated heterocycles. The number of rotatable bonds is 4. The Balaban J connectivity index is 1.62. The minimum absolute atomic E-state index is 0.194. The van der Waals surface area contributed by atoms with E-state index in [0.717, 1.165) is 21.9 Å². The second kappa shape index (κ2) is 8.36. The average Bonchev–Trinajstić information content (AvgIpc) is 3.07. The molecule has 0 fully saturated rings. The van der Waals surface area contributed by atoms with Gasteiger partial charge in [0.05, 0.1) is 5.69 Å². The van der Waals surface area contributed by atoms with Crippen molar-refractivity contribution in [2.45, 2.75) is 23.5 Å². The molecule has 0 aliphatic carbocycles. The summed E-state index contributed by atoms with van der Waals surface area (Å²) in [5.74, 6) is -0.701. The van der Waals surface area contributed by atoms with Gasteiger partial charge in [-0.1, -0.05) is 25.1 Å². The zero-order valence-corrected chi connectivity index (χ0v) is 15.5. The Morgan fingerprint density at radius 1 is 1.28 bits per heavy atom. The van der Waals surface area contributed by atoms with E-state index in [1.165, 1.54) is 17.4 Å². The van der Waals surface area contributed by atoms with Gasteiger partial charge in [-0.25, -0.2) is 4.79 Å². The van der Waals surface area contributed by atoms with Gasteiger partial charge in [0.25, 0.3) is 5.91 Å². The standard InChI is InChI=1S/C19H19NO3S2/c1-14-10-11-20(16-6-2-3-7-17(16)25-14)18(21)13-23-19(22)9-8-15-5-4-12-24-15/h2-9,12,14H,10-11,13H2,1H3/b9-8+/t14-/m1/s1. The maximum Gasteiger partial charge on any atom is 0.331 e. The molecule has 2 heterocycles. The number of benzene rings is 1. The van der Waals surface area contributed by atoms with Crippen LogP contribution in [0.4, 0.5) is 5.69 Å². The summed E-state index contributed by atoms with van der Waals surface area (Å²) in [5, 5.41) is 2.37. The minimum Gasteiger partial charge on any atom is -0.452 e. The molecule has 6 heteroatoms. The monoisotopic (exact) mass is 373 g/mol. The molecule has 3 rings (SSSR count). The lowest BCUT2D eigenvalue weighted by Gasteiger charge is -2.22. The maximum atomic E-state index is 12.6. The van der Waals surface area contributed by atoms with Crippen LogP contribution in [0.25, 0.3) is 6.08 Å². The SMILES string of the molecule is C[C@@H]1CCN(C(=O)COC(=O)/C=C/c2cccs2)c2ccccc2S1. The number of fused-ring (bicyclic) bond motifs is 1. The lowest BCUT2D eigenvalue weighted by Crippen LogP contribution is -2.35. The van der Waals surface area contributed by atoms with Crippen LogP contribution >= 0.6 is 23.1 Å². The number of hydrogen-bond donors (Lipinski definition) is 0. The quantitative estimate of drug-likeness (QED) is 0.595. The van der Waals surface area contributed by atoms with Crippen molar-refractivity contribution >= 4 is 46.7 Å². The molecule has 1 atom stereocenters. The Morgan fingerprint density at radius 2 is 2.12 bits per heavy atom. The normalized spacial score (nSPS) is 17.2. The molecule has 130 valence electrons. The zero-order valence-electron chi connectivity index (χ0n) is 13.9. The number of anilines is 1. The largest absolute Gasteiger partial charge is 0.452 e. The zero-order chi connectivity index (χ0) is 17.6. The van der Waals surface area contributed by atoms with E-state index in [4.69, 9.17) is 4.74 Å². The Bertz CT molecular complexity index is 771. The molecular weight excluding hydrogens is 354 g/mol. The second-order valence-electron chi connectivity index (χ2n) is 5.69. The number of nitrogens with zero attached hydrogens (tertiary/aromatic N) is 1. The van der Waals surface area contributed by atoms with Crippen molar-refractivity contribution < 1.29 is 14.3 Å². The highest BCUT2D eigenvalue weighted by molar-refractivity contribution is 8.00. The van der Waals surface area contributed by atoms with E-state index in [9.17, 15) is 9.59 Å². The fraction of sp³-hybridized carbons (Fsp3) is 0.263. The first-order valence-corrected chi connectivity index (χ1v) is 9.84. The maximum absolute atomic E-state index is 12.6. The number of hydrogen-bond acceptors (Lipinski definition) is 5. The highest BCUT2D eigenvalue weighted by Crippen LogP contribution is 2.37. The number of carbonyl (C=O) groups excluding carboxylic acids is 2. The predicted octanol–water partition coefficient (Wildman–Crippen LogP) is 4.22. The van der Waals surface area contributed by atoms with Gasteiger partial charge in [0.2, 0.25) is 0 Å². The van der Waals surface area contributed by atoms with Crippen LogP contribution in [0.2, 0.25) is 0 Å². The third-order valence-electron chi connectivity index (χ3n) is 3.81. The molecule has 1 aromatic heterocycles. The second-order valence-corrected chi connectivity index (χ2v) is 8.15. The van der Waals surface area contributed by atoms with Crippen LogP contribution in [0.3, 0.4) is 0 Å². The van der Waals surface area contributed by atoms with E-state index in [2.05, 4.69) is 6.92 Å². The summed E-state index contributed by atoms with van der Waals surface area (Å²) in [7, 11) is 0. The smallest absolute Gasteiger partial charge is 0.331 e. The molecule has 1 amide bonds. The summed E-state index contributed by atoms with van der Waals surface area (Å²) in [4.78, 5) is 28.2. The minimum atomic E-state index is -0.507. The summed E-state index contributed by atoms with van der Waals surface area (Å²) >= 11 is 3.31. The van der Waals surface area contributed by atoms with Gasteiger partial charge in [-0.15, -0.1) is 23.1 Å². The first-order chi connectivity index (χ1) is 12.1.